The Labute approximate surface area is 171 Å². The molecule has 0 aliphatic carbocycles. The van der Waals surface area contributed by atoms with Crippen LogP contribution < -0.4 is 9.47 Å². The van der Waals surface area contributed by atoms with Gasteiger partial charge in [0, 0.05) is 12.5 Å². The third kappa shape index (κ3) is 6.11. The molecular weight excluding hydrogens is 380 g/mol. The predicted octanol–water partition coefficient (Wildman–Crippen LogP) is 3.38. The smallest absolute Gasteiger partial charge is 0.119 e. The summed E-state index contributed by atoms with van der Waals surface area (Å²) in [4.78, 5) is 0. The summed E-state index contributed by atoms with van der Waals surface area (Å²) in [5.41, 5.74) is 2.09. The van der Waals surface area contributed by atoms with Crippen molar-refractivity contribution in [3.05, 3.63) is 59.7 Å². The Kier molecular flexibility index (Phi) is 8.58. The van der Waals surface area contributed by atoms with Gasteiger partial charge in [-0.15, -0.1) is 11.6 Å². The maximum atomic E-state index is 9.48. The van der Waals surface area contributed by atoms with E-state index < -0.39 is 6.10 Å². The molecule has 0 spiro atoms. The Bertz CT molecular complexity index is 696. The largest absolute Gasteiger partial charge is 0.491 e. The fraction of sp³-hybridized carbons (Fsp3) is 0.455. The molecule has 2 aromatic carbocycles. The monoisotopic (exact) mass is 408 g/mol. The van der Waals surface area contributed by atoms with Gasteiger partial charge < -0.3 is 24.4 Å². The molecule has 154 valence electrons. The molecule has 2 aromatic rings. The summed E-state index contributed by atoms with van der Waals surface area (Å²) in [6, 6.07) is 15.8. The van der Waals surface area contributed by atoms with Crippen molar-refractivity contribution in [3.8, 4) is 11.5 Å². The van der Waals surface area contributed by atoms with Gasteiger partial charge in [0.05, 0.1) is 12.5 Å². The Hall–Kier alpha value is -1.79. The molecule has 0 saturated heterocycles. The van der Waals surface area contributed by atoms with E-state index in [0.29, 0.717) is 12.4 Å². The first-order chi connectivity index (χ1) is 13.4. The SMILES string of the molecule is COC(CO)COc1ccc(C(C)(C)c2ccc(OCC(O)CCl)cc2)cc1. The minimum absolute atomic E-state index is 0.0772. The van der Waals surface area contributed by atoms with Gasteiger partial charge in [-0.25, -0.2) is 0 Å². The van der Waals surface area contributed by atoms with Crippen LogP contribution in [0.5, 0.6) is 11.5 Å². The second-order valence-corrected chi connectivity index (χ2v) is 7.45. The highest BCUT2D eigenvalue weighted by molar-refractivity contribution is 6.18. The molecule has 0 heterocycles. The normalized spacial score (nSPS) is 13.8. The number of aliphatic hydroxyl groups is 2. The summed E-state index contributed by atoms with van der Waals surface area (Å²) in [6.07, 6.45) is -1.00. The molecule has 2 atom stereocenters. The summed E-state index contributed by atoms with van der Waals surface area (Å²) in [5, 5.41) is 18.6. The lowest BCUT2D eigenvalue weighted by atomic mass is 9.78. The van der Waals surface area contributed by atoms with Crippen molar-refractivity contribution in [3.63, 3.8) is 0 Å². The Morgan fingerprint density at radius 2 is 1.36 bits per heavy atom. The van der Waals surface area contributed by atoms with Crippen LogP contribution in [0.3, 0.4) is 0 Å². The molecule has 0 aromatic heterocycles. The second-order valence-electron chi connectivity index (χ2n) is 7.14. The number of ether oxygens (including phenoxy) is 3. The lowest BCUT2D eigenvalue weighted by molar-refractivity contribution is 0.0164. The van der Waals surface area contributed by atoms with Crippen molar-refractivity contribution in [1.29, 1.82) is 0 Å². The van der Waals surface area contributed by atoms with E-state index in [9.17, 15) is 5.11 Å². The van der Waals surface area contributed by atoms with Crippen LogP contribution in [0.15, 0.2) is 48.5 Å². The molecule has 0 radical (unpaired) electrons. The van der Waals surface area contributed by atoms with Gasteiger partial charge in [0.15, 0.2) is 0 Å². The maximum Gasteiger partial charge on any atom is 0.119 e. The first-order valence-corrected chi connectivity index (χ1v) is 9.78. The van der Waals surface area contributed by atoms with E-state index in [4.69, 9.17) is 30.9 Å². The van der Waals surface area contributed by atoms with Crippen LogP contribution in [0.25, 0.3) is 0 Å². The van der Waals surface area contributed by atoms with Crippen LogP contribution in [0.2, 0.25) is 0 Å². The third-order valence-corrected chi connectivity index (χ3v) is 5.10. The highest BCUT2D eigenvalue weighted by Gasteiger charge is 2.23. The van der Waals surface area contributed by atoms with Crippen LogP contribution in [-0.4, -0.2) is 55.2 Å². The zero-order valence-corrected chi connectivity index (χ0v) is 17.4. The molecular formula is C22H29ClO5. The van der Waals surface area contributed by atoms with Gasteiger partial charge in [0.2, 0.25) is 0 Å². The standard InChI is InChI=1S/C22H29ClO5/c1-22(2,16-4-8-19(9-5-16)27-14-18(25)12-23)17-6-10-20(11-7-17)28-15-21(13-24)26-3/h4-11,18,21,24-25H,12-15H2,1-3H3. The summed E-state index contributed by atoms with van der Waals surface area (Å²) >= 11 is 5.58. The number of alkyl halides is 1. The number of hydrogen-bond donors (Lipinski definition) is 2. The third-order valence-electron chi connectivity index (χ3n) is 4.75. The maximum absolute atomic E-state index is 9.48. The number of aliphatic hydroxyl groups excluding tert-OH is 2. The summed E-state index contributed by atoms with van der Waals surface area (Å²) in [7, 11) is 1.55. The zero-order chi connectivity index (χ0) is 20.6. The quantitative estimate of drug-likeness (QED) is 0.558. The average molecular weight is 409 g/mol. The summed E-state index contributed by atoms with van der Waals surface area (Å²) < 4.78 is 16.3. The molecule has 0 aliphatic rings. The van der Waals surface area contributed by atoms with Crippen molar-refractivity contribution < 1.29 is 24.4 Å². The first kappa shape index (κ1) is 22.5. The van der Waals surface area contributed by atoms with E-state index >= 15 is 0 Å². The summed E-state index contributed by atoms with van der Waals surface area (Å²) in [6.45, 7) is 4.71. The minimum atomic E-state index is -0.671. The van der Waals surface area contributed by atoms with Gasteiger partial charge in [-0.1, -0.05) is 38.1 Å². The second kappa shape index (κ2) is 10.7. The highest BCUT2D eigenvalue weighted by Crippen LogP contribution is 2.33. The summed E-state index contributed by atoms with van der Waals surface area (Å²) in [5.74, 6) is 1.58. The molecule has 0 bridgehead atoms. The van der Waals surface area contributed by atoms with E-state index in [-0.39, 0.29) is 30.6 Å². The van der Waals surface area contributed by atoms with Crippen LogP contribution in [-0.2, 0) is 10.2 Å². The van der Waals surface area contributed by atoms with Gasteiger partial charge in [0.1, 0.15) is 36.9 Å². The van der Waals surface area contributed by atoms with Crippen molar-refractivity contribution in [2.24, 2.45) is 0 Å². The topological polar surface area (TPSA) is 68.2 Å². The molecule has 2 unspecified atom stereocenters. The van der Waals surface area contributed by atoms with Gasteiger partial charge in [-0.3, -0.25) is 0 Å². The van der Waals surface area contributed by atoms with Crippen molar-refractivity contribution in [1.82, 2.24) is 0 Å². The fourth-order valence-corrected chi connectivity index (χ4v) is 2.81. The number of benzene rings is 2. The van der Waals surface area contributed by atoms with Crippen LogP contribution >= 0.6 is 11.6 Å². The lowest BCUT2D eigenvalue weighted by Crippen LogP contribution is -2.24. The van der Waals surface area contributed by atoms with E-state index in [2.05, 4.69) is 13.8 Å². The van der Waals surface area contributed by atoms with E-state index in [1.165, 1.54) is 0 Å². The molecule has 0 aliphatic heterocycles. The van der Waals surface area contributed by atoms with Gasteiger partial charge in [-0.2, -0.15) is 0 Å². The van der Waals surface area contributed by atoms with E-state index in [0.717, 1.165) is 16.9 Å². The molecule has 28 heavy (non-hydrogen) atoms. The average Bonchev–Trinajstić information content (AvgIpc) is 2.73. The number of hydrogen-bond acceptors (Lipinski definition) is 5. The van der Waals surface area contributed by atoms with E-state index in [1.54, 1.807) is 7.11 Å². The van der Waals surface area contributed by atoms with Gasteiger partial charge >= 0.3 is 0 Å². The molecule has 5 nitrogen and oxygen atoms in total. The van der Waals surface area contributed by atoms with Crippen molar-refractivity contribution in [2.75, 3.05) is 32.8 Å². The highest BCUT2D eigenvalue weighted by atomic mass is 35.5. The molecule has 6 heteroatoms. The molecule has 0 amide bonds. The van der Waals surface area contributed by atoms with Crippen LogP contribution in [0.1, 0.15) is 25.0 Å². The number of methoxy groups -OCH3 is 1. The molecule has 0 saturated carbocycles. The minimum Gasteiger partial charge on any atom is -0.491 e. The predicted molar refractivity (Wildman–Crippen MR) is 111 cm³/mol. The molecule has 2 N–H and O–H groups in total. The molecule has 0 fully saturated rings. The number of halogens is 1. The van der Waals surface area contributed by atoms with Gasteiger partial charge in [-0.05, 0) is 35.4 Å². The molecule has 2 rings (SSSR count). The van der Waals surface area contributed by atoms with Crippen molar-refractivity contribution in [2.45, 2.75) is 31.5 Å². The zero-order valence-electron chi connectivity index (χ0n) is 16.6. The number of rotatable bonds is 11. The first-order valence-electron chi connectivity index (χ1n) is 9.25. The Balaban J connectivity index is 2.03. The van der Waals surface area contributed by atoms with E-state index in [1.807, 2.05) is 48.5 Å². The van der Waals surface area contributed by atoms with Crippen LogP contribution in [0.4, 0.5) is 0 Å². The lowest BCUT2D eigenvalue weighted by Gasteiger charge is -2.26. The Morgan fingerprint density at radius 1 is 0.893 bits per heavy atom. The Morgan fingerprint density at radius 3 is 1.75 bits per heavy atom. The van der Waals surface area contributed by atoms with Crippen molar-refractivity contribution >= 4 is 11.6 Å². The fourth-order valence-electron chi connectivity index (χ4n) is 2.72. The van der Waals surface area contributed by atoms with Crippen LogP contribution in [0, 0.1) is 0 Å². The van der Waals surface area contributed by atoms with Gasteiger partial charge in [0.25, 0.3) is 0 Å².